The van der Waals surface area contributed by atoms with Gasteiger partial charge >= 0.3 is 7.12 Å². The van der Waals surface area contributed by atoms with Gasteiger partial charge in [-0.1, -0.05) is 18.2 Å². The smallest absolute Gasteiger partial charge is 0.491 e. The molecule has 0 aliphatic heterocycles. The molecular formula is C14H13BFNO5. The number of ether oxygens (including phenoxy) is 1. The van der Waals surface area contributed by atoms with Crippen LogP contribution in [0.3, 0.4) is 0 Å². The Kier molecular flexibility index (Phi) is 5.08. The molecule has 8 heteroatoms. The number of nitrogens with zero attached hydrogens (tertiary/aromatic N) is 1. The molecule has 0 spiro atoms. The molecule has 2 aromatic carbocycles. The molecule has 0 fully saturated rings. The molecule has 114 valence electrons. The normalized spacial score (nSPS) is 10.3. The largest absolute Gasteiger partial charge is 0.493 e. The topological polar surface area (TPSA) is 92.8 Å². The highest BCUT2D eigenvalue weighted by Gasteiger charge is 2.16. The molecule has 22 heavy (non-hydrogen) atoms. The van der Waals surface area contributed by atoms with Crippen LogP contribution in [-0.4, -0.2) is 28.7 Å². The van der Waals surface area contributed by atoms with Gasteiger partial charge in [-0.15, -0.1) is 0 Å². The maximum atomic E-state index is 13.5. The minimum absolute atomic E-state index is 0.00447. The maximum Gasteiger partial charge on any atom is 0.491 e. The van der Waals surface area contributed by atoms with Crippen molar-refractivity contribution in [1.82, 2.24) is 0 Å². The number of nitro benzene ring substituents is 1. The molecule has 2 rings (SSSR count). The molecule has 0 saturated carbocycles. The Morgan fingerprint density at radius 1 is 1.23 bits per heavy atom. The van der Waals surface area contributed by atoms with E-state index >= 15 is 0 Å². The van der Waals surface area contributed by atoms with Gasteiger partial charge in [0.2, 0.25) is 0 Å². The summed E-state index contributed by atoms with van der Waals surface area (Å²) in [6, 6.07) is 9.89. The highest BCUT2D eigenvalue weighted by molar-refractivity contribution is 6.58. The van der Waals surface area contributed by atoms with E-state index in [-0.39, 0.29) is 23.5 Å². The molecule has 0 radical (unpaired) electrons. The standard InChI is InChI=1S/C14H13BFNO5/c16-14-9-12(4-5-13(14)15(18)19)22-7-6-10-2-1-3-11(8-10)17(20)21/h1-5,8-9,18-19H,6-7H2. The fraction of sp³-hybridized carbons (Fsp3) is 0.143. The second-order valence-corrected chi connectivity index (χ2v) is 4.58. The van der Waals surface area contributed by atoms with Crippen molar-refractivity contribution in [3.05, 3.63) is 64.0 Å². The Bertz CT molecular complexity index is 680. The minimum Gasteiger partial charge on any atom is -0.493 e. The highest BCUT2D eigenvalue weighted by atomic mass is 19.1. The average Bonchev–Trinajstić information content (AvgIpc) is 2.47. The van der Waals surface area contributed by atoms with Crippen LogP contribution in [0.2, 0.25) is 0 Å². The number of nitro groups is 1. The van der Waals surface area contributed by atoms with Gasteiger partial charge in [0.05, 0.1) is 11.5 Å². The summed E-state index contributed by atoms with van der Waals surface area (Å²) >= 11 is 0. The van der Waals surface area contributed by atoms with Crippen molar-refractivity contribution in [3.8, 4) is 5.75 Å². The van der Waals surface area contributed by atoms with Crippen LogP contribution in [0.25, 0.3) is 0 Å². The first kappa shape index (κ1) is 15.9. The number of rotatable bonds is 6. The van der Waals surface area contributed by atoms with Gasteiger partial charge in [-0.2, -0.15) is 0 Å². The van der Waals surface area contributed by atoms with Crippen LogP contribution in [0.15, 0.2) is 42.5 Å². The molecule has 2 N–H and O–H groups in total. The van der Waals surface area contributed by atoms with Gasteiger partial charge in [-0.3, -0.25) is 10.1 Å². The van der Waals surface area contributed by atoms with Crippen LogP contribution in [0, 0.1) is 15.9 Å². The predicted octanol–water partition coefficient (Wildman–Crippen LogP) is 1.04. The fourth-order valence-corrected chi connectivity index (χ4v) is 1.92. The van der Waals surface area contributed by atoms with Gasteiger partial charge in [0.25, 0.3) is 5.69 Å². The first-order chi connectivity index (χ1) is 10.5. The van der Waals surface area contributed by atoms with E-state index in [1.54, 1.807) is 12.1 Å². The van der Waals surface area contributed by atoms with Crippen molar-refractivity contribution in [2.24, 2.45) is 0 Å². The predicted molar refractivity (Wildman–Crippen MR) is 78.5 cm³/mol. The van der Waals surface area contributed by atoms with E-state index in [1.807, 2.05) is 0 Å². The van der Waals surface area contributed by atoms with Gasteiger partial charge in [0.1, 0.15) is 11.6 Å². The molecule has 0 aliphatic carbocycles. The summed E-state index contributed by atoms with van der Waals surface area (Å²) in [6.07, 6.45) is 0.424. The van der Waals surface area contributed by atoms with Crippen LogP contribution in [0.5, 0.6) is 5.75 Å². The monoisotopic (exact) mass is 305 g/mol. The van der Waals surface area contributed by atoms with Crippen molar-refractivity contribution >= 4 is 18.3 Å². The van der Waals surface area contributed by atoms with E-state index in [1.165, 1.54) is 24.3 Å². The first-order valence-electron chi connectivity index (χ1n) is 6.49. The van der Waals surface area contributed by atoms with Gasteiger partial charge in [0, 0.05) is 30.1 Å². The van der Waals surface area contributed by atoms with Crippen LogP contribution in [0.1, 0.15) is 5.56 Å². The van der Waals surface area contributed by atoms with Crippen molar-refractivity contribution in [1.29, 1.82) is 0 Å². The molecular weight excluding hydrogens is 292 g/mol. The number of halogens is 1. The average molecular weight is 305 g/mol. The Morgan fingerprint density at radius 3 is 2.64 bits per heavy atom. The molecule has 2 aromatic rings. The number of hydrogen-bond acceptors (Lipinski definition) is 5. The lowest BCUT2D eigenvalue weighted by Gasteiger charge is -2.08. The third-order valence-corrected chi connectivity index (χ3v) is 3.03. The van der Waals surface area contributed by atoms with Crippen LogP contribution in [-0.2, 0) is 6.42 Å². The maximum absolute atomic E-state index is 13.5. The zero-order chi connectivity index (χ0) is 16.1. The minimum atomic E-state index is -1.88. The summed E-state index contributed by atoms with van der Waals surface area (Å²) < 4.78 is 18.9. The Morgan fingerprint density at radius 2 is 2.00 bits per heavy atom. The summed E-state index contributed by atoms with van der Waals surface area (Å²) in [5, 5.41) is 28.5. The number of non-ortho nitro benzene ring substituents is 1. The molecule has 0 heterocycles. The van der Waals surface area contributed by atoms with Gasteiger partial charge in [0.15, 0.2) is 0 Å². The zero-order valence-electron chi connectivity index (χ0n) is 11.5. The van der Waals surface area contributed by atoms with E-state index in [0.29, 0.717) is 6.42 Å². The number of hydrogen-bond donors (Lipinski definition) is 2. The molecule has 0 bridgehead atoms. The number of benzene rings is 2. The van der Waals surface area contributed by atoms with E-state index in [0.717, 1.165) is 11.6 Å². The molecule has 0 aromatic heterocycles. The van der Waals surface area contributed by atoms with Crippen molar-refractivity contribution < 1.29 is 24.1 Å². The third kappa shape index (κ3) is 4.03. The lowest BCUT2D eigenvalue weighted by molar-refractivity contribution is -0.384. The van der Waals surface area contributed by atoms with Crippen molar-refractivity contribution in [2.75, 3.05) is 6.61 Å². The quantitative estimate of drug-likeness (QED) is 0.472. The lowest BCUT2D eigenvalue weighted by Crippen LogP contribution is -2.32. The Hall–Kier alpha value is -2.45. The van der Waals surface area contributed by atoms with Crippen molar-refractivity contribution in [3.63, 3.8) is 0 Å². The summed E-state index contributed by atoms with van der Waals surface area (Å²) in [5.74, 6) is -0.532. The van der Waals surface area contributed by atoms with Crippen LogP contribution >= 0.6 is 0 Å². The highest BCUT2D eigenvalue weighted by Crippen LogP contribution is 2.15. The second kappa shape index (κ2) is 7.01. The van der Waals surface area contributed by atoms with E-state index in [9.17, 15) is 14.5 Å². The van der Waals surface area contributed by atoms with Gasteiger partial charge in [-0.25, -0.2) is 4.39 Å². The van der Waals surface area contributed by atoms with Gasteiger partial charge < -0.3 is 14.8 Å². The fourth-order valence-electron chi connectivity index (χ4n) is 1.92. The van der Waals surface area contributed by atoms with E-state index in [2.05, 4.69) is 0 Å². The summed E-state index contributed by atoms with van der Waals surface area (Å²) in [5.41, 5.74) is 0.507. The molecule has 0 saturated heterocycles. The molecule has 0 aliphatic rings. The summed E-state index contributed by atoms with van der Waals surface area (Å²) in [6.45, 7) is 0.210. The Balaban J connectivity index is 1.95. The lowest BCUT2D eigenvalue weighted by atomic mass is 9.80. The second-order valence-electron chi connectivity index (χ2n) is 4.58. The summed E-state index contributed by atoms with van der Waals surface area (Å²) in [4.78, 5) is 10.2. The molecule has 6 nitrogen and oxygen atoms in total. The zero-order valence-corrected chi connectivity index (χ0v) is 11.5. The van der Waals surface area contributed by atoms with E-state index < -0.39 is 17.9 Å². The third-order valence-electron chi connectivity index (χ3n) is 3.03. The summed E-state index contributed by atoms with van der Waals surface area (Å²) in [7, 11) is -1.88. The van der Waals surface area contributed by atoms with Gasteiger partial charge in [-0.05, 0) is 11.6 Å². The van der Waals surface area contributed by atoms with Crippen LogP contribution < -0.4 is 10.2 Å². The van der Waals surface area contributed by atoms with E-state index in [4.69, 9.17) is 14.8 Å². The first-order valence-corrected chi connectivity index (χ1v) is 6.49. The van der Waals surface area contributed by atoms with Crippen LogP contribution in [0.4, 0.5) is 10.1 Å². The SMILES string of the molecule is O=[N+]([O-])c1cccc(CCOc2ccc(B(O)O)c(F)c2)c1. The van der Waals surface area contributed by atoms with Crippen molar-refractivity contribution in [2.45, 2.75) is 6.42 Å². The Labute approximate surface area is 126 Å². The molecule has 0 unspecified atom stereocenters. The molecule has 0 atom stereocenters. The molecule has 0 amide bonds.